The predicted octanol–water partition coefficient (Wildman–Crippen LogP) is 4.04. The Morgan fingerprint density at radius 2 is 1.48 bits per heavy atom. The Kier molecular flexibility index (Phi) is 8.50. The number of piperidine rings is 2. The van der Waals surface area contributed by atoms with Gasteiger partial charge in [0.1, 0.15) is 6.04 Å². The predicted molar refractivity (Wildman–Crippen MR) is 186 cm³/mol. The van der Waals surface area contributed by atoms with Gasteiger partial charge in [-0.05, 0) is 90.5 Å². The van der Waals surface area contributed by atoms with Gasteiger partial charge in [-0.25, -0.2) is 0 Å². The van der Waals surface area contributed by atoms with Crippen molar-refractivity contribution in [2.24, 2.45) is 16.7 Å². The van der Waals surface area contributed by atoms with Crippen molar-refractivity contribution in [1.82, 2.24) is 20.4 Å². The van der Waals surface area contributed by atoms with Crippen LogP contribution in [-0.4, -0.2) is 91.3 Å². The number of amides is 4. The summed E-state index contributed by atoms with van der Waals surface area (Å²) in [6.45, 7) is 16.4. The lowest BCUT2D eigenvalue weighted by atomic mass is 9.52. The largest absolute Gasteiger partial charge is 0.372 e. The van der Waals surface area contributed by atoms with Crippen molar-refractivity contribution < 1.29 is 19.2 Å². The van der Waals surface area contributed by atoms with Gasteiger partial charge in [0.15, 0.2) is 0 Å². The van der Waals surface area contributed by atoms with Crippen LogP contribution in [0.25, 0.3) is 0 Å². The van der Waals surface area contributed by atoms with Crippen molar-refractivity contribution in [3.8, 4) is 0 Å². The summed E-state index contributed by atoms with van der Waals surface area (Å²) in [4.78, 5) is 59.1. The topological polar surface area (TPSA) is 105 Å². The Morgan fingerprint density at radius 3 is 2.12 bits per heavy atom. The summed E-state index contributed by atoms with van der Waals surface area (Å²) in [6.07, 6.45) is 4.08. The molecule has 2 aromatic rings. The van der Waals surface area contributed by atoms with Crippen molar-refractivity contribution in [3.05, 3.63) is 59.2 Å². The normalized spacial score (nSPS) is 24.7. The molecule has 0 radical (unpaired) electrons. The van der Waals surface area contributed by atoms with Crippen LogP contribution in [0.3, 0.4) is 0 Å². The Balaban J connectivity index is 0.859. The number of carbonyl (C=O) groups excluding carboxylic acids is 4. The van der Waals surface area contributed by atoms with Crippen LogP contribution in [-0.2, 0) is 16.1 Å². The van der Waals surface area contributed by atoms with E-state index in [9.17, 15) is 19.2 Å². The fourth-order valence-electron chi connectivity index (χ4n) is 9.42. The van der Waals surface area contributed by atoms with E-state index in [0.29, 0.717) is 24.4 Å². The van der Waals surface area contributed by atoms with Crippen molar-refractivity contribution >= 4 is 35.0 Å². The number of nitrogens with zero attached hydrogens (tertiary/aromatic N) is 4. The molecule has 2 aromatic carbocycles. The fourth-order valence-corrected chi connectivity index (χ4v) is 9.42. The van der Waals surface area contributed by atoms with Crippen LogP contribution in [0, 0.1) is 16.7 Å². The summed E-state index contributed by atoms with van der Waals surface area (Å²) in [7, 11) is 0. The minimum Gasteiger partial charge on any atom is -0.372 e. The maximum absolute atomic E-state index is 13.1. The highest BCUT2D eigenvalue weighted by Gasteiger charge is 2.53. The zero-order valence-corrected chi connectivity index (χ0v) is 28.9. The number of piperazine rings is 1. The smallest absolute Gasteiger partial charge is 0.255 e. The van der Waals surface area contributed by atoms with E-state index in [-0.39, 0.29) is 46.9 Å². The molecule has 10 heteroatoms. The van der Waals surface area contributed by atoms with Gasteiger partial charge in [-0.1, -0.05) is 27.7 Å². The van der Waals surface area contributed by atoms with Gasteiger partial charge in [-0.2, -0.15) is 0 Å². The molecule has 7 rings (SSSR count). The maximum Gasteiger partial charge on any atom is 0.255 e. The number of hydrogen-bond donors (Lipinski definition) is 2. The second-order valence-corrected chi connectivity index (χ2v) is 16.1. The first-order valence-corrected chi connectivity index (χ1v) is 17.8. The third-order valence-corrected chi connectivity index (χ3v) is 11.6. The number of anilines is 2. The Hall–Kier alpha value is -3.92. The highest BCUT2D eigenvalue weighted by molar-refractivity contribution is 6.05. The first-order chi connectivity index (χ1) is 22.9. The number of imide groups is 1. The van der Waals surface area contributed by atoms with E-state index in [1.165, 1.54) is 5.69 Å². The molecule has 3 saturated heterocycles. The van der Waals surface area contributed by atoms with Crippen LogP contribution in [0.15, 0.2) is 42.5 Å². The molecule has 256 valence electrons. The molecule has 2 N–H and O–H groups in total. The molecule has 1 atom stereocenters. The summed E-state index contributed by atoms with van der Waals surface area (Å²) < 4.78 is 0. The molecular weight excluding hydrogens is 604 g/mol. The SMILES string of the molecule is CC1(C)CC(C)(C)C1NC(=O)c1ccc(N2CCC(CN3CCN(c4ccc5c(c4)CN([C@H]4CCC(=O)NC4=O)C5=O)CC3)CC2)cc1. The van der Waals surface area contributed by atoms with Gasteiger partial charge in [0, 0.05) is 87.3 Å². The highest BCUT2D eigenvalue weighted by Crippen LogP contribution is 2.53. The molecule has 0 aromatic heterocycles. The third kappa shape index (κ3) is 6.31. The van der Waals surface area contributed by atoms with Crippen molar-refractivity contribution in [2.45, 2.75) is 78.4 Å². The average molecular weight is 655 g/mol. The standard InChI is InChI=1S/C38H50N6O4/c1-37(2)24-38(3,4)36(37)40-33(46)26-5-7-28(8-6-26)42-15-13-25(14-16-42)22-41-17-19-43(20-18-41)29-9-10-30-27(21-29)23-44(35(30)48)31-11-12-32(45)39-34(31)47/h5-10,21,25,31,36H,11-20,22-24H2,1-4H3,(H,40,46)(H,39,45,47)/t31-/m0/s1. The van der Waals surface area contributed by atoms with Crippen molar-refractivity contribution in [3.63, 3.8) is 0 Å². The lowest BCUT2D eigenvalue weighted by molar-refractivity contribution is -0.136. The van der Waals surface area contributed by atoms with Gasteiger partial charge < -0.3 is 20.0 Å². The molecule has 5 aliphatic rings. The Labute approximate surface area is 284 Å². The van der Waals surface area contributed by atoms with Gasteiger partial charge in [-0.3, -0.25) is 29.4 Å². The first-order valence-electron chi connectivity index (χ1n) is 17.8. The molecule has 10 nitrogen and oxygen atoms in total. The van der Waals surface area contributed by atoms with E-state index < -0.39 is 6.04 Å². The minimum absolute atomic E-state index is 0.0221. The van der Waals surface area contributed by atoms with Crippen LogP contribution in [0.2, 0.25) is 0 Å². The maximum atomic E-state index is 13.1. The molecule has 0 spiro atoms. The second-order valence-electron chi connectivity index (χ2n) is 16.1. The zero-order chi connectivity index (χ0) is 33.8. The summed E-state index contributed by atoms with van der Waals surface area (Å²) in [5.74, 6) is -0.0696. The van der Waals surface area contributed by atoms with Crippen LogP contribution < -0.4 is 20.4 Å². The van der Waals surface area contributed by atoms with E-state index in [2.05, 4.69) is 71.2 Å². The quantitative estimate of drug-likeness (QED) is 0.435. The molecule has 0 unspecified atom stereocenters. The molecule has 4 heterocycles. The van der Waals surface area contributed by atoms with Crippen LogP contribution in [0.5, 0.6) is 0 Å². The van der Waals surface area contributed by atoms with Crippen LogP contribution in [0.1, 0.15) is 86.1 Å². The molecule has 48 heavy (non-hydrogen) atoms. The van der Waals surface area contributed by atoms with E-state index in [4.69, 9.17) is 0 Å². The van der Waals surface area contributed by atoms with E-state index >= 15 is 0 Å². The van der Waals surface area contributed by atoms with E-state index in [0.717, 1.165) is 81.9 Å². The molecule has 1 saturated carbocycles. The number of rotatable bonds is 7. The molecule has 0 bridgehead atoms. The third-order valence-electron chi connectivity index (χ3n) is 11.6. The van der Waals surface area contributed by atoms with E-state index in [1.807, 2.05) is 24.3 Å². The lowest BCUT2D eigenvalue weighted by Gasteiger charge is -2.57. The van der Waals surface area contributed by atoms with Crippen molar-refractivity contribution in [2.75, 3.05) is 55.6 Å². The molecule has 4 fully saturated rings. The summed E-state index contributed by atoms with van der Waals surface area (Å²) in [5, 5.41) is 5.68. The number of hydrogen-bond acceptors (Lipinski definition) is 7. The van der Waals surface area contributed by atoms with E-state index in [1.54, 1.807) is 4.90 Å². The van der Waals surface area contributed by atoms with Gasteiger partial charge in [-0.15, -0.1) is 0 Å². The fraction of sp³-hybridized carbons (Fsp3) is 0.579. The molecular formula is C38H50N6O4. The zero-order valence-electron chi connectivity index (χ0n) is 28.9. The second kappa shape index (κ2) is 12.5. The number of fused-ring (bicyclic) bond motifs is 1. The van der Waals surface area contributed by atoms with Crippen molar-refractivity contribution in [1.29, 1.82) is 0 Å². The van der Waals surface area contributed by atoms with Gasteiger partial charge in [0.05, 0.1) is 0 Å². The Bertz CT molecular complexity index is 1570. The highest BCUT2D eigenvalue weighted by atomic mass is 16.2. The number of nitrogens with one attached hydrogen (secondary N) is 2. The summed E-state index contributed by atoms with van der Waals surface area (Å²) in [5.41, 5.74) is 4.93. The molecule has 1 aliphatic carbocycles. The average Bonchev–Trinajstić information content (AvgIpc) is 3.38. The number of carbonyl (C=O) groups is 4. The molecule has 4 amide bonds. The number of benzene rings is 2. The first kappa shape index (κ1) is 32.6. The lowest BCUT2D eigenvalue weighted by Crippen LogP contribution is -2.63. The molecule has 4 aliphatic heterocycles. The monoisotopic (exact) mass is 654 g/mol. The van der Waals surface area contributed by atoms with Gasteiger partial charge in [0.25, 0.3) is 11.8 Å². The van der Waals surface area contributed by atoms with Crippen LogP contribution >= 0.6 is 0 Å². The van der Waals surface area contributed by atoms with Gasteiger partial charge >= 0.3 is 0 Å². The summed E-state index contributed by atoms with van der Waals surface area (Å²) in [6, 6.07) is 13.8. The Morgan fingerprint density at radius 1 is 0.833 bits per heavy atom. The van der Waals surface area contributed by atoms with Gasteiger partial charge in [0.2, 0.25) is 11.8 Å². The van der Waals surface area contributed by atoms with Crippen LogP contribution in [0.4, 0.5) is 11.4 Å². The summed E-state index contributed by atoms with van der Waals surface area (Å²) >= 11 is 0. The minimum atomic E-state index is -0.586.